The molecule has 0 aliphatic carbocycles. The first-order valence-electron chi connectivity index (χ1n) is 10.8. The molecule has 0 fully saturated rings. The predicted molar refractivity (Wildman–Crippen MR) is 134 cm³/mol. The van der Waals surface area contributed by atoms with Gasteiger partial charge in [0, 0.05) is 17.8 Å². The average molecular weight is 489 g/mol. The van der Waals surface area contributed by atoms with Crippen LogP contribution in [0.4, 0.5) is 5.69 Å². The van der Waals surface area contributed by atoms with Crippen LogP contribution in [0.3, 0.4) is 0 Å². The molecule has 0 saturated carbocycles. The highest BCUT2D eigenvalue weighted by Crippen LogP contribution is 2.18. The van der Waals surface area contributed by atoms with Gasteiger partial charge >= 0.3 is 0 Å². The van der Waals surface area contributed by atoms with E-state index in [4.69, 9.17) is 9.47 Å². The van der Waals surface area contributed by atoms with Gasteiger partial charge in [-0.25, -0.2) is 0 Å². The lowest BCUT2D eigenvalue weighted by Gasteiger charge is -2.08. The molecule has 0 atom stereocenters. The number of aryl methyl sites for hydroxylation is 1. The predicted octanol–water partition coefficient (Wildman–Crippen LogP) is 4.62. The molecule has 0 saturated heterocycles. The molecule has 0 spiro atoms. The minimum atomic E-state index is -0.403. The second kappa shape index (κ2) is 11.3. The van der Waals surface area contributed by atoms with Gasteiger partial charge in [-0.3, -0.25) is 9.59 Å². The standard InChI is InChI=1S/C26H24N4O4S/c1-17-5-3-8-22(13-17)34-16-23-29-30-26(35-23)25(32)28-20-7-4-6-19(14-20)24(31)27-15-18-9-11-21(33-2)12-10-18/h3-14H,15-16H2,1-2H3,(H,27,31)(H,28,32). The van der Waals surface area contributed by atoms with Crippen molar-refractivity contribution >= 4 is 28.8 Å². The number of hydrogen-bond acceptors (Lipinski definition) is 7. The zero-order chi connectivity index (χ0) is 24.6. The van der Waals surface area contributed by atoms with Crippen molar-refractivity contribution in [2.75, 3.05) is 12.4 Å². The molecule has 2 amide bonds. The summed E-state index contributed by atoms with van der Waals surface area (Å²) >= 11 is 1.16. The summed E-state index contributed by atoms with van der Waals surface area (Å²) < 4.78 is 10.9. The molecule has 0 aliphatic heterocycles. The molecule has 0 aliphatic rings. The van der Waals surface area contributed by atoms with Crippen LogP contribution in [-0.4, -0.2) is 29.1 Å². The Balaban J connectivity index is 1.32. The highest BCUT2D eigenvalue weighted by Gasteiger charge is 2.15. The molecule has 1 aromatic heterocycles. The molecule has 0 unspecified atom stereocenters. The van der Waals surface area contributed by atoms with Crippen LogP contribution >= 0.6 is 11.3 Å². The van der Waals surface area contributed by atoms with Gasteiger partial charge in [-0.1, -0.05) is 41.7 Å². The minimum absolute atomic E-state index is 0.210. The zero-order valence-corrected chi connectivity index (χ0v) is 20.1. The molecule has 4 rings (SSSR count). The Morgan fingerprint density at radius 2 is 1.71 bits per heavy atom. The van der Waals surface area contributed by atoms with E-state index < -0.39 is 5.91 Å². The van der Waals surface area contributed by atoms with E-state index in [1.165, 1.54) is 0 Å². The zero-order valence-electron chi connectivity index (χ0n) is 19.3. The summed E-state index contributed by atoms with van der Waals surface area (Å²) in [4.78, 5) is 25.2. The van der Waals surface area contributed by atoms with E-state index in [0.717, 1.165) is 34.0 Å². The van der Waals surface area contributed by atoms with E-state index in [9.17, 15) is 9.59 Å². The summed E-state index contributed by atoms with van der Waals surface area (Å²) in [5, 5.41) is 14.4. The fourth-order valence-electron chi connectivity index (χ4n) is 3.20. The Hall–Kier alpha value is -4.24. The Bertz CT molecular complexity index is 1320. The number of methoxy groups -OCH3 is 1. The number of ether oxygens (including phenoxy) is 2. The maximum atomic E-state index is 12.6. The third-order valence-corrected chi connectivity index (χ3v) is 5.90. The molecule has 0 bridgehead atoms. The number of carbonyl (C=O) groups is 2. The van der Waals surface area contributed by atoms with Gasteiger partial charge in [0.05, 0.1) is 7.11 Å². The van der Waals surface area contributed by atoms with Gasteiger partial charge < -0.3 is 20.1 Å². The maximum Gasteiger partial charge on any atom is 0.286 e. The first-order chi connectivity index (χ1) is 17.0. The summed E-state index contributed by atoms with van der Waals surface area (Å²) in [5.41, 5.74) is 2.96. The third kappa shape index (κ3) is 6.64. The number of amides is 2. The van der Waals surface area contributed by atoms with E-state index in [1.54, 1.807) is 31.4 Å². The topological polar surface area (TPSA) is 102 Å². The number of aromatic nitrogens is 2. The summed E-state index contributed by atoms with van der Waals surface area (Å²) in [6.07, 6.45) is 0. The summed E-state index contributed by atoms with van der Waals surface area (Å²) in [6.45, 7) is 2.58. The molecule has 1 heterocycles. The SMILES string of the molecule is COc1ccc(CNC(=O)c2cccc(NC(=O)c3nnc(COc4cccc(C)c4)s3)c2)cc1. The van der Waals surface area contributed by atoms with Crippen LogP contribution in [0.15, 0.2) is 72.8 Å². The van der Waals surface area contributed by atoms with Gasteiger partial charge in [0.25, 0.3) is 11.8 Å². The average Bonchev–Trinajstić information content (AvgIpc) is 3.36. The summed E-state index contributed by atoms with van der Waals surface area (Å²) in [7, 11) is 1.60. The molecule has 8 nitrogen and oxygen atoms in total. The molecule has 35 heavy (non-hydrogen) atoms. The molecule has 0 radical (unpaired) electrons. The Labute approximate surface area is 206 Å². The normalized spacial score (nSPS) is 10.5. The number of hydrogen-bond donors (Lipinski definition) is 2. The van der Waals surface area contributed by atoms with E-state index in [2.05, 4.69) is 20.8 Å². The number of nitrogens with one attached hydrogen (secondary N) is 2. The van der Waals surface area contributed by atoms with E-state index >= 15 is 0 Å². The van der Waals surface area contributed by atoms with Crippen LogP contribution in [0.1, 0.15) is 36.3 Å². The van der Waals surface area contributed by atoms with Crippen LogP contribution in [-0.2, 0) is 13.2 Å². The molecule has 3 aromatic carbocycles. The van der Waals surface area contributed by atoms with Crippen LogP contribution in [0.5, 0.6) is 11.5 Å². The molecular weight excluding hydrogens is 464 g/mol. The summed E-state index contributed by atoms with van der Waals surface area (Å²) in [5.74, 6) is 0.835. The van der Waals surface area contributed by atoms with Crippen molar-refractivity contribution in [3.63, 3.8) is 0 Å². The summed E-state index contributed by atoms with van der Waals surface area (Å²) in [6, 6.07) is 21.9. The molecule has 2 N–H and O–H groups in total. The highest BCUT2D eigenvalue weighted by atomic mass is 32.1. The number of rotatable bonds is 9. The lowest BCUT2D eigenvalue weighted by molar-refractivity contribution is 0.0949. The fourth-order valence-corrected chi connectivity index (χ4v) is 3.85. The van der Waals surface area contributed by atoms with Crippen molar-refractivity contribution < 1.29 is 19.1 Å². The molecule has 9 heteroatoms. The van der Waals surface area contributed by atoms with Gasteiger partial charge in [0.1, 0.15) is 18.1 Å². The van der Waals surface area contributed by atoms with Gasteiger partial charge in [-0.15, -0.1) is 10.2 Å². The second-order valence-electron chi connectivity index (χ2n) is 7.67. The lowest BCUT2D eigenvalue weighted by Crippen LogP contribution is -2.23. The number of carbonyl (C=O) groups excluding carboxylic acids is 2. The Morgan fingerprint density at radius 3 is 2.49 bits per heavy atom. The van der Waals surface area contributed by atoms with Gasteiger partial charge in [-0.2, -0.15) is 0 Å². The number of nitrogens with zero attached hydrogens (tertiary/aromatic N) is 2. The van der Waals surface area contributed by atoms with Crippen molar-refractivity contribution in [3.8, 4) is 11.5 Å². The molecular formula is C26H24N4O4S. The van der Waals surface area contributed by atoms with E-state index in [-0.39, 0.29) is 17.5 Å². The molecule has 178 valence electrons. The van der Waals surface area contributed by atoms with Crippen LogP contribution in [0, 0.1) is 6.92 Å². The maximum absolute atomic E-state index is 12.6. The van der Waals surface area contributed by atoms with Crippen molar-refractivity contribution in [3.05, 3.63) is 99.5 Å². The van der Waals surface area contributed by atoms with Crippen molar-refractivity contribution in [2.24, 2.45) is 0 Å². The first kappa shape index (κ1) is 23.9. The smallest absolute Gasteiger partial charge is 0.286 e. The monoisotopic (exact) mass is 488 g/mol. The van der Waals surface area contributed by atoms with Gasteiger partial charge in [0.2, 0.25) is 5.01 Å². The second-order valence-corrected chi connectivity index (χ2v) is 8.73. The number of anilines is 1. The van der Waals surface area contributed by atoms with E-state index in [0.29, 0.717) is 22.8 Å². The van der Waals surface area contributed by atoms with Crippen molar-refractivity contribution in [2.45, 2.75) is 20.1 Å². The van der Waals surface area contributed by atoms with E-state index in [1.807, 2.05) is 55.5 Å². The molecule has 4 aromatic rings. The van der Waals surface area contributed by atoms with Crippen LogP contribution in [0.2, 0.25) is 0 Å². The van der Waals surface area contributed by atoms with Crippen molar-refractivity contribution in [1.82, 2.24) is 15.5 Å². The fraction of sp³-hybridized carbons (Fsp3) is 0.154. The Morgan fingerprint density at radius 1 is 0.914 bits per heavy atom. The Kier molecular flexibility index (Phi) is 7.69. The van der Waals surface area contributed by atoms with Crippen LogP contribution in [0.25, 0.3) is 0 Å². The van der Waals surface area contributed by atoms with Gasteiger partial charge in [-0.05, 0) is 60.5 Å². The minimum Gasteiger partial charge on any atom is -0.497 e. The quantitative estimate of drug-likeness (QED) is 0.357. The number of benzene rings is 3. The van der Waals surface area contributed by atoms with Gasteiger partial charge in [0.15, 0.2) is 5.01 Å². The lowest BCUT2D eigenvalue weighted by atomic mass is 10.1. The van der Waals surface area contributed by atoms with Crippen LogP contribution < -0.4 is 20.1 Å². The van der Waals surface area contributed by atoms with Crippen molar-refractivity contribution in [1.29, 1.82) is 0 Å². The third-order valence-electron chi connectivity index (χ3n) is 5.01. The highest BCUT2D eigenvalue weighted by molar-refractivity contribution is 7.13. The largest absolute Gasteiger partial charge is 0.497 e. The first-order valence-corrected chi connectivity index (χ1v) is 11.7.